The number of rotatable bonds is 5. The number of hydrogen-bond donors (Lipinski definition) is 2. The van der Waals surface area contributed by atoms with Crippen molar-refractivity contribution >= 4 is 23.1 Å². The number of anilines is 2. The first-order valence-corrected chi connectivity index (χ1v) is 6.73. The van der Waals surface area contributed by atoms with Gasteiger partial charge in [0, 0.05) is 29.4 Å². The minimum atomic E-state index is 0.658. The van der Waals surface area contributed by atoms with Crippen molar-refractivity contribution in [3.8, 4) is 0 Å². The predicted molar refractivity (Wildman–Crippen MR) is 75.1 cm³/mol. The van der Waals surface area contributed by atoms with Crippen molar-refractivity contribution in [3.63, 3.8) is 0 Å². The largest absolute Gasteiger partial charge is 0.365 e. The lowest BCUT2D eigenvalue weighted by Gasteiger charge is -2.09. The van der Waals surface area contributed by atoms with E-state index in [4.69, 9.17) is 0 Å². The molecule has 2 aromatic rings. The number of nitrogens with zero attached hydrogens (tertiary/aromatic N) is 3. The van der Waals surface area contributed by atoms with E-state index in [9.17, 15) is 0 Å². The first-order valence-electron chi connectivity index (χ1n) is 5.91. The lowest BCUT2D eigenvalue weighted by molar-refractivity contribution is 1.04. The third-order valence-corrected chi connectivity index (χ3v) is 3.32. The highest BCUT2D eigenvalue weighted by molar-refractivity contribution is 7.11. The minimum absolute atomic E-state index is 0.658. The molecule has 2 heterocycles. The van der Waals surface area contributed by atoms with Crippen molar-refractivity contribution < 1.29 is 0 Å². The molecule has 0 aliphatic rings. The van der Waals surface area contributed by atoms with Gasteiger partial charge in [0.05, 0.1) is 11.6 Å². The molecule has 0 bridgehead atoms. The summed E-state index contributed by atoms with van der Waals surface area (Å²) in [6, 6.07) is 0. The smallest absolute Gasteiger partial charge is 0.224 e. The number of aryl methyl sites for hydroxylation is 2. The fraction of sp³-hybridized carbons (Fsp3) is 0.417. The monoisotopic (exact) mass is 263 g/mol. The van der Waals surface area contributed by atoms with Crippen LogP contribution in [-0.4, -0.2) is 21.5 Å². The van der Waals surface area contributed by atoms with E-state index in [-0.39, 0.29) is 0 Å². The Morgan fingerprint density at radius 2 is 2.00 bits per heavy atom. The molecule has 0 atom stereocenters. The van der Waals surface area contributed by atoms with Crippen molar-refractivity contribution in [2.45, 2.75) is 27.3 Å². The van der Waals surface area contributed by atoms with Gasteiger partial charge in [-0.2, -0.15) is 4.98 Å². The first kappa shape index (κ1) is 12.8. The second-order valence-corrected chi connectivity index (χ2v) is 5.27. The molecule has 0 saturated heterocycles. The first-order chi connectivity index (χ1) is 8.69. The fourth-order valence-electron chi connectivity index (χ4n) is 1.52. The van der Waals surface area contributed by atoms with E-state index < -0.39 is 0 Å². The molecule has 0 amide bonds. The second kappa shape index (κ2) is 5.77. The molecule has 2 aromatic heterocycles. The highest BCUT2D eigenvalue weighted by atomic mass is 32.1. The predicted octanol–water partition coefficient (Wildman–Crippen LogP) is 2.59. The van der Waals surface area contributed by atoms with Crippen LogP contribution in [0.15, 0.2) is 12.4 Å². The van der Waals surface area contributed by atoms with Crippen molar-refractivity contribution in [3.05, 3.63) is 27.8 Å². The molecule has 0 saturated carbocycles. The van der Waals surface area contributed by atoms with Gasteiger partial charge in [-0.15, -0.1) is 11.3 Å². The van der Waals surface area contributed by atoms with Gasteiger partial charge >= 0.3 is 0 Å². The summed E-state index contributed by atoms with van der Waals surface area (Å²) in [4.78, 5) is 14.1. The van der Waals surface area contributed by atoms with Crippen molar-refractivity contribution in [2.24, 2.45) is 0 Å². The van der Waals surface area contributed by atoms with Crippen molar-refractivity contribution in [2.75, 3.05) is 17.2 Å². The van der Waals surface area contributed by atoms with E-state index in [1.807, 2.05) is 33.2 Å². The van der Waals surface area contributed by atoms with Gasteiger partial charge in [-0.3, -0.25) is 0 Å². The molecule has 0 aliphatic carbocycles. The Morgan fingerprint density at radius 3 is 2.67 bits per heavy atom. The average Bonchev–Trinajstić information content (AvgIpc) is 2.76. The van der Waals surface area contributed by atoms with Crippen LogP contribution in [0.25, 0.3) is 0 Å². The molecule has 18 heavy (non-hydrogen) atoms. The van der Waals surface area contributed by atoms with Gasteiger partial charge in [-0.25, -0.2) is 9.97 Å². The molecular formula is C12H17N5S. The van der Waals surface area contributed by atoms with Crippen LogP contribution >= 0.6 is 11.3 Å². The number of aromatic nitrogens is 3. The summed E-state index contributed by atoms with van der Waals surface area (Å²) in [6.45, 7) is 7.59. The molecule has 0 radical (unpaired) electrons. The molecule has 0 aliphatic heterocycles. The van der Waals surface area contributed by atoms with E-state index >= 15 is 0 Å². The van der Waals surface area contributed by atoms with Crippen LogP contribution in [0.4, 0.5) is 11.8 Å². The highest BCUT2D eigenvalue weighted by Gasteiger charge is 2.04. The van der Waals surface area contributed by atoms with Gasteiger partial charge in [-0.05, 0) is 20.8 Å². The Labute approximate surface area is 111 Å². The summed E-state index contributed by atoms with van der Waals surface area (Å²) < 4.78 is 0. The Morgan fingerprint density at radius 1 is 1.17 bits per heavy atom. The van der Waals surface area contributed by atoms with Crippen molar-refractivity contribution in [1.29, 1.82) is 0 Å². The van der Waals surface area contributed by atoms with Crippen LogP contribution in [0.2, 0.25) is 0 Å². The normalized spacial score (nSPS) is 10.4. The molecular weight excluding hydrogens is 246 g/mol. The van der Waals surface area contributed by atoms with E-state index in [1.165, 1.54) is 4.88 Å². The maximum atomic E-state index is 4.43. The quantitative estimate of drug-likeness (QED) is 0.868. The Balaban J connectivity index is 2.05. The summed E-state index contributed by atoms with van der Waals surface area (Å²) in [7, 11) is 0. The average molecular weight is 263 g/mol. The third kappa shape index (κ3) is 3.16. The molecule has 2 rings (SSSR count). The third-order valence-electron chi connectivity index (χ3n) is 2.41. The zero-order chi connectivity index (χ0) is 13.0. The van der Waals surface area contributed by atoms with Gasteiger partial charge in [0.15, 0.2) is 0 Å². The van der Waals surface area contributed by atoms with E-state index in [0.717, 1.165) is 29.5 Å². The Kier molecular flexibility index (Phi) is 4.09. The lowest BCUT2D eigenvalue weighted by Crippen LogP contribution is -2.07. The molecule has 0 fully saturated rings. The molecule has 0 unspecified atom stereocenters. The molecule has 2 N–H and O–H groups in total. The summed E-state index contributed by atoms with van der Waals surface area (Å²) in [6.07, 6.45) is 3.72. The molecule has 6 heteroatoms. The van der Waals surface area contributed by atoms with Crippen LogP contribution in [0.3, 0.4) is 0 Å². The van der Waals surface area contributed by atoms with Gasteiger partial charge in [0.2, 0.25) is 5.95 Å². The van der Waals surface area contributed by atoms with Crippen LogP contribution in [-0.2, 0) is 6.54 Å². The standard InChI is InChI=1S/C12H17N5S/c1-4-13-12-16-5-8(2)11(17-12)15-7-10-6-14-9(3)18-10/h5-6H,4,7H2,1-3H3,(H2,13,15,16,17). The SMILES string of the molecule is CCNc1ncc(C)c(NCc2cnc(C)s2)n1. The van der Waals surface area contributed by atoms with Crippen LogP contribution in [0, 0.1) is 13.8 Å². The summed E-state index contributed by atoms with van der Waals surface area (Å²) in [5.74, 6) is 1.53. The van der Waals surface area contributed by atoms with E-state index in [1.54, 1.807) is 11.3 Å². The van der Waals surface area contributed by atoms with Crippen LogP contribution in [0.1, 0.15) is 22.4 Å². The number of nitrogens with one attached hydrogen (secondary N) is 2. The molecule has 0 aromatic carbocycles. The van der Waals surface area contributed by atoms with Gasteiger partial charge in [-0.1, -0.05) is 0 Å². The molecule has 96 valence electrons. The molecule has 5 nitrogen and oxygen atoms in total. The fourth-order valence-corrected chi connectivity index (χ4v) is 2.26. The maximum absolute atomic E-state index is 4.43. The number of thiazole rings is 1. The summed E-state index contributed by atoms with van der Waals surface area (Å²) in [5, 5.41) is 7.51. The van der Waals surface area contributed by atoms with Crippen LogP contribution in [0.5, 0.6) is 0 Å². The zero-order valence-electron chi connectivity index (χ0n) is 10.8. The van der Waals surface area contributed by atoms with Gasteiger partial charge in [0.25, 0.3) is 0 Å². The van der Waals surface area contributed by atoms with Crippen LogP contribution < -0.4 is 10.6 Å². The highest BCUT2D eigenvalue weighted by Crippen LogP contribution is 2.16. The zero-order valence-corrected chi connectivity index (χ0v) is 11.6. The second-order valence-electron chi connectivity index (χ2n) is 3.95. The van der Waals surface area contributed by atoms with Gasteiger partial charge in [0.1, 0.15) is 5.82 Å². The minimum Gasteiger partial charge on any atom is -0.365 e. The lowest BCUT2D eigenvalue weighted by atomic mass is 10.3. The maximum Gasteiger partial charge on any atom is 0.224 e. The molecule has 0 spiro atoms. The summed E-state index contributed by atoms with van der Waals surface area (Å²) in [5.41, 5.74) is 1.04. The summed E-state index contributed by atoms with van der Waals surface area (Å²) >= 11 is 1.69. The van der Waals surface area contributed by atoms with E-state index in [0.29, 0.717) is 5.95 Å². The topological polar surface area (TPSA) is 62.7 Å². The number of hydrogen-bond acceptors (Lipinski definition) is 6. The van der Waals surface area contributed by atoms with Crippen molar-refractivity contribution in [1.82, 2.24) is 15.0 Å². The Bertz CT molecular complexity index is 523. The Hall–Kier alpha value is -1.69. The van der Waals surface area contributed by atoms with Gasteiger partial charge < -0.3 is 10.6 Å². The van der Waals surface area contributed by atoms with E-state index in [2.05, 4.69) is 25.6 Å².